The molecule has 2 aromatic carbocycles. The van der Waals surface area contributed by atoms with Gasteiger partial charge in [-0.15, -0.1) is 0 Å². The van der Waals surface area contributed by atoms with Crippen molar-refractivity contribution in [3.8, 4) is 5.75 Å². The summed E-state index contributed by atoms with van der Waals surface area (Å²) in [5.41, 5.74) is 1.01. The van der Waals surface area contributed by atoms with E-state index in [-0.39, 0.29) is 28.4 Å². The average molecular weight is 437 g/mol. The van der Waals surface area contributed by atoms with Crippen LogP contribution in [-0.4, -0.2) is 38.8 Å². The number of sulfonamides is 1. The van der Waals surface area contributed by atoms with E-state index in [1.165, 1.54) is 29.6 Å². The Morgan fingerprint density at radius 1 is 1.24 bits per heavy atom. The number of hydrogen-bond acceptors (Lipinski definition) is 4. The SMILES string of the molecule is COc1ccc(S(=O)(=O)N2CCC[C@H](C(=O)N[C@@H](C)c3ccccc3)C2)cc1Cl. The topological polar surface area (TPSA) is 75.7 Å². The summed E-state index contributed by atoms with van der Waals surface area (Å²) >= 11 is 6.10. The number of amides is 1. The van der Waals surface area contributed by atoms with Crippen molar-refractivity contribution in [2.75, 3.05) is 20.2 Å². The van der Waals surface area contributed by atoms with Gasteiger partial charge in [0.2, 0.25) is 15.9 Å². The lowest BCUT2D eigenvalue weighted by molar-refractivity contribution is -0.126. The second-order valence-corrected chi connectivity index (χ2v) is 9.48. The normalized spacial score (nSPS) is 18.8. The van der Waals surface area contributed by atoms with E-state index in [1.807, 2.05) is 37.3 Å². The molecule has 29 heavy (non-hydrogen) atoms. The Balaban J connectivity index is 1.71. The van der Waals surface area contributed by atoms with Gasteiger partial charge in [0.25, 0.3) is 0 Å². The van der Waals surface area contributed by atoms with Gasteiger partial charge in [0.15, 0.2) is 0 Å². The van der Waals surface area contributed by atoms with Crippen molar-refractivity contribution >= 4 is 27.5 Å². The molecular formula is C21H25ClN2O4S. The van der Waals surface area contributed by atoms with Gasteiger partial charge in [0.05, 0.1) is 29.0 Å². The molecule has 0 aliphatic carbocycles. The molecule has 1 aliphatic heterocycles. The van der Waals surface area contributed by atoms with Crippen LogP contribution in [0.25, 0.3) is 0 Å². The van der Waals surface area contributed by atoms with Gasteiger partial charge in [-0.3, -0.25) is 4.79 Å². The maximum atomic E-state index is 13.0. The van der Waals surface area contributed by atoms with E-state index in [1.54, 1.807) is 0 Å². The number of carbonyl (C=O) groups is 1. The van der Waals surface area contributed by atoms with Crippen LogP contribution in [0.4, 0.5) is 0 Å². The van der Waals surface area contributed by atoms with E-state index < -0.39 is 15.9 Å². The minimum atomic E-state index is -3.74. The van der Waals surface area contributed by atoms with Crippen molar-refractivity contribution in [1.29, 1.82) is 0 Å². The van der Waals surface area contributed by atoms with Gasteiger partial charge in [-0.05, 0) is 43.5 Å². The lowest BCUT2D eigenvalue weighted by Gasteiger charge is -2.32. The molecule has 0 unspecified atom stereocenters. The van der Waals surface area contributed by atoms with Crippen LogP contribution >= 0.6 is 11.6 Å². The highest BCUT2D eigenvalue weighted by Gasteiger charge is 2.34. The monoisotopic (exact) mass is 436 g/mol. The summed E-state index contributed by atoms with van der Waals surface area (Å²) in [7, 11) is -2.27. The third kappa shape index (κ3) is 4.91. The number of rotatable bonds is 6. The minimum Gasteiger partial charge on any atom is -0.495 e. The molecule has 1 aliphatic rings. The molecule has 6 nitrogen and oxygen atoms in total. The Bertz CT molecular complexity index is 966. The number of benzene rings is 2. The molecule has 8 heteroatoms. The number of halogens is 1. The maximum Gasteiger partial charge on any atom is 0.243 e. The molecule has 2 aromatic rings. The Hall–Kier alpha value is -2.09. The Kier molecular flexibility index (Phi) is 6.82. The summed E-state index contributed by atoms with van der Waals surface area (Å²) in [6.07, 6.45) is 1.28. The number of nitrogens with zero attached hydrogens (tertiary/aromatic N) is 1. The molecule has 1 saturated heterocycles. The van der Waals surface area contributed by atoms with Crippen molar-refractivity contribution < 1.29 is 17.9 Å². The highest BCUT2D eigenvalue weighted by molar-refractivity contribution is 7.89. The lowest BCUT2D eigenvalue weighted by Crippen LogP contribution is -2.45. The Labute approximate surface area is 176 Å². The number of ether oxygens (including phenoxy) is 1. The molecule has 0 saturated carbocycles. The zero-order valence-electron chi connectivity index (χ0n) is 16.5. The Morgan fingerprint density at radius 2 is 1.97 bits per heavy atom. The molecule has 3 rings (SSSR count). The third-order valence-corrected chi connectivity index (χ3v) is 7.33. The molecule has 1 N–H and O–H groups in total. The predicted octanol–water partition coefficient (Wildman–Crippen LogP) is 3.63. The van der Waals surface area contributed by atoms with Crippen LogP contribution < -0.4 is 10.1 Å². The van der Waals surface area contributed by atoms with E-state index >= 15 is 0 Å². The van der Waals surface area contributed by atoms with Gasteiger partial charge in [0, 0.05) is 13.1 Å². The van der Waals surface area contributed by atoms with Gasteiger partial charge in [-0.2, -0.15) is 4.31 Å². The van der Waals surface area contributed by atoms with Crippen LogP contribution in [0.2, 0.25) is 5.02 Å². The highest BCUT2D eigenvalue weighted by Crippen LogP contribution is 2.30. The summed E-state index contributed by atoms with van der Waals surface area (Å²) in [4.78, 5) is 12.9. The van der Waals surface area contributed by atoms with Crippen LogP contribution in [0.15, 0.2) is 53.4 Å². The second-order valence-electron chi connectivity index (χ2n) is 7.14. The average Bonchev–Trinajstić information content (AvgIpc) is 2.74. The van der Waals surface area contributed by atoms with Crippen molar-refractivity contribution in [3.05, 3.63) is 59.1 Å². The van der Waals surface area contributed by atoms with Gasteiger partial charge < -0.3 is 10.1 Å². The van der Waals surface area contributed by atoms with Crippen molar-refractivity contribution in [3.63, 3.8) is 0 Å². The van der Waals surface area contributed by atoms with Gasteiger partial charge in [-0.1, -0.05) is 41.9 Å². The fourth-order valence-electron chi connectivity index (χ4n) is 3.49. The molecule has 0 aromatic heterocycles. The molecule has 1 heterocycles. The fraction of sp³-hybridized carbons (Fsp3) is 0.381. The quantitative estimate of drug-likeness (QED) is 0.750. The first kappa shape index (κ1) is 21.6. The van der Waals surface area contributed by atoms with E-state index in [0.29, 0.717) is 25.1 Å². The van der Waals surface area contributed by atoms with Gasteiger partial charge >= 0.3 is 0 Å². The zero-order valence-corrected chi connectivity index (χ0v) is 18.0. The van der Waals surface area contributed by atoms with Gasteiger partial charge in [-0.25, -0.2) is 8.42 Å². The standard InChI is InChI=1S/C21H25ClN2O4S/c1-15(16-7-4-3-5-8-16)23-21(25)17-9-6-12-24(14-17)29(26,27)18-10-11-20(28-2)19(22)13-18/h3-5,7-8,10-11,13,15,17H,6,9,12,14H2,1-2H3,(H,23,25)/t15-,17-/m0/s1. The van der Waals surface area contributed by atoms with Crippen LogP contribution in [0.5, 0.6) is 5.75 Å². The zero-order chi connectivity index (χ0) is 21.0. The summed E-state index contributed by atoms with van der Waals surface area (Å²) in [6.45, 7) is 2.45. The summed E-state index contributed by atoms with van der Waals surface area (Å²) in [6, 6.07) is 13.9. The molecule has 1 amide bonds. The van der Waals surface area contributed by atoms with Crippen molar-refractivity contribution in [2.24, 2.45) is 5.92 Å². The van der Waals surface area contributed by atoms with Crippen LogP contribution in [0.1, 0.15) is 31.4 Å². The second kappa shape index (κ2) is 9.15. The van der Waals surface area contributed by atoms with Crippen molar-refractivity contribution in [1.82, 2.24) is 9.62 Å². The highest BCUT2D eigenvalue weighted by atomic mass is 35.5. The maximum absolute atomic E-state index is 13.0. The number of carbonyl (C=O) groups excluding carboxylic acids is 1. The number of nitrogens with one attached hydrogen (secondary N) is 1. The third-order valence-electron chi connectivity index (χ3n) is 5.17. The molecule has 1 fully saturated rings. The molecule has 0 spiro atoms. The van der Waals surface area contributed by atoms with Crippen LogP contribution in [-0.2, 0) is 14.8 Å². The predicted molar refractivity (Wildman–Crippen MR) is 112 cm³/mol. The Morgan fingerprint density at radius 3 is 2.62 bits per heavy atom. The smallest absolute Gasteiger partial charge is 0.243 e. The van der Waals surface area contributed by atoms with Crippen LogP contribution in [0, 0.1) is 5.92 Å². The first-order valence-electron chi connectivity index (χ1n) is 9.52. The van der Waals surface area contributed by atoms with E-state index in [9.17, 15) is 13.2 Å². The first-order chi connectivity index (χ1) is 13.8. The lowest BCUT2D eigenvalue weighted by atomic mass is 9.98. The summed E-state index contributed by atoms with van der Waals surface area (Å²) in [5, 5.41) is 3.24. The molecular weight excluding hydrogens is 412 g/mol. The van der Waals surface area contributed by atoms with E-state index in [2.05, 4.69) is 5.32 Å². The molecule has 0 radical (unpaired) electrons. The van der Waals surface area contributed by atoms with Gasteiger partial charge in [0.1, 0.15) is 5.75 Å². The number of methoxy groups -OCH3 is 1. The first-order valence-corrected chi connectivity index (χ1v) is 11.3. The summed E-state index contributed by atoms with van der Waals surface area (Å²) < 4.78 is 32.5. The number of hydrogen-bond donors (Lipinski definition) is 1. The molecule has 2 atom stereocenters. The fourth-order valence-corrected chi connectivity index (χ4v) is 5.36. The summed E-state index contributed by atoms with van der Waals surface area (Å²) in [5.74, 6) is -0.108. The van der Waals surface area contributed by atoms with Crippen LogP contribution in [0.3, 0.4) is 0 Å². The minimum absolute atomic E-state index is 0.0991. The number of piperidine rings is 1. The van der Waals surface area contributed by atoms with E-state index in [0.717, 1.165) is 5.56 Å². The van der Waals surface area contributed by atoms with Crippen molar-refractivity contribution in [2.45, 2.75) is 30.7 Å². The molecule has 0 bridgehead atoms. The van der Waals surface area contributed by atoms with E-state index in [4.69, 9.17) is 16.3 Å². The largest absolute Gasteiger partial charge is 0.495 e. The molecule has 156 valence electrons.